The number of hydrogen-bond donors (Lipinski definition) is 2. The Bertz CT molecular complexity index is 1110. The highest BCUT2D eigenvalue weighted by molar-refractivity contribution is 6.06. The lowest BCUT2D eigenvalue weighted by Gasteiger charge is -2.16. The molecule has 0 fully saturated rings. The van der Waals surface area contributed by atoms with Crippen molar-refractivity contribution >= 4 is 17.0 Å². The van der Waals surface area contributed by atoms with Crippen LogP contribution in [0.2, 0.25) is 0 Å². The minimum absolute atomic E-state index is 0.00737. The molecule has 0 aliphatic rings. The largest absolute Gasteiger partial charge is 0.444 e. The number of nitrogens with one attached hydrogen (secondary N) is 2. The number of carbonyl (C=O) groups is 1. The molecule has 0 saturated carbocycles. The molecule has 154 valence electrons. The van der Waals surface area contributed by atoms with Gasteiger partial charge in [0.15, 0.2) is 0 Å². The summed E-state index contributed by atoms with van der Waals surface area (Å²) in [6.45, 7) is 3.94. The fraction of sp³-hybridized carbons (Fsp3) is 0.350. The number of amides is 1. The van der Waals surface area contributed by atoms with Crippen molar-refractivity contribution in [2.45, 2.75) is 6.92 Å². The Hall–Kier alpha value is -3.17. The molecule has 0 aliphatic carbocycles. The van der Waals surface area contributed by atoms with Crippen LogP contribution in [0.1, 0.15) is 16.1 Å². The topological polar surface area (TPSA) is 110 Å². The molecule has 0 radical (unpaired) electrons. The van der Waals surface area contributed by atoms with Crippen molar-refractivity contribution in [2.75, 3.05) is 40.4 Å². The van der Waals surface area contributed by atoms with Crippen LogP contribution in [-0.4, -0.2) is 60.8 Å². The lowest BCUT2D eigenvalue weighted by molar-refractivity contribution is 0.0947. The van der Waals surface area contributed by atoms with E-state index in [1.54, 1.807) is 44.4 Å². The minimum atomic E-state index is -0.630. The van der Waals surface area contributed by atoms with Gasteiger partial charge in [-0.15, -0.1) is 0 Å². The van der Waals surface area contributed by atoms with E-state index in [4.69, 9.17) is 9.15 Å². The van der Waals surface area contributed by atoms with Gasteiger partial charge in [0.2, 0.25) is 5.71 Å². The fourth-order valence-electron chi connectivity index (χ4n) is 3.09. The van der Waals surface area contributed by atoms with Gasteiger partial charge >= 0.3 is 5.69 Å². The average molecular weight is 400 g/mol. The number of hydrogen-bond acceptors (Lipinski definition) is 6. The van der Waals surface area contributed by atoms with Gasteiger partial charge in [-0.2, -0.15) is 0 Å². The molecular formula is C20H24N4O5. The summed E-state index contributed by atoms with van der Waals surface area (Å²) in [4.78, 5) is 42.8. The van der Waals surface area contributed by atoms with Crippen LogP contribution in [0.3, 0.4) is 0 Å². The van der Waals surface area contributed by atoms with Crippen molar-refractivity contribution in [2.24, 2.45) is 0 Å². The minimum Gasteiger partial charge on any atom is -0.444 e. The number of fused-ring (bicyclic) bond motifs is 1. The first-order valence-electron chi connectivity index (χ1n) is 9.23. The molecule has 2 heterocycles. The van der Waals surface area contributed by atoms with Crippen molar-refractivity contribution in [3.63, 3.8) is 0 Å². The number of likely N-dealkylation sites (N-methyl/N-ethyl adjacent to an activating group) is 1. The van der Waals surface area contributed by atoms with Crippen LogP contribution >= 0.6 is 0 Å². The van der Waals surface area contributed by atoms with Crippen molar-refractivity contribution < 1.29 is 13.9 Å². The molecule has 2 aromatic heterocycles. The van der Waals surface area contributed by atoms with E-state index in [0.29, 0.717) is 25.4 Å². The Labute approximate surface area is 166 Å². The van der Waals surface area contributed by atoms with Crippen LogP contribution < -0.4 is 16.6 Å². The number of aromatic nitrogens is 2. The van der Waals surface area contributed by atoms with E-state index in [1.807, 2.05) is 11.9 Å². The second-order valence-corrected chi connectivity index (χ2v) is 6.70. The number of carbonyl (C=O) groups excluding carboxylic acids is 1. The van der Waals surface area contributed by atoms with Gasteiger partial charge < -0.3 is 19.4 Å². The molecule has 0 aliphatic heterocycles. The van der Waals surface area contributed by atoms with Gasteiger partial charge in [-0.3, -0.25) is 14.6 Å². The van der Waals surface area contributed by atoms with Gasteiger partial charge in [-0.1, -0.05) is 18.2 Å². The number of benzene rings is 1. The van der Waals surface area contributed by atoms with Gasteiger partial charge in [0.05, 0.1) is 17.9 Å². The zero-order valence-electron chi connectivity index (χ0n) is 16.7. The Kier molecular flexibility index (Phi) is 6.30. The molecule has 3 rings (SSSR count). The third-order valence-corrected chi connectivity index (χ3v) is 4.62. The summed E-state index contributed by atoms with van der Waals surface area (Å²) >= 11 is 0. The lowest BCUT2D eigenvalue weighted by atomic mass is 10.1. The predicted octanol–water partition coefficient (Wildman–Crippen LogP) is 0.888. The number of ether oxygens (including phenoxy) is 1. The molecular weight excluding hydrogens is 376 g/mol. The highest BCUT2D eigenvalue weighted by atomic mass is 16.5. The molecule has 9 nitrogen and oxygen atoms in total. The number of nitrogens with zero attached hydrogens (tertiary/aromatic N) is 2. The quantitative estimate of drug-likeness (QED) is 0.581. The van der Waals surface area contributed by atoms with Crippen molar-refractivity contribution in [3.05, 3.63) is 62.5 Å². The molecule has 0 unspecified atom stereocenters. The number of furan rings is 1. The van der Waals surface area contributed by atoms with Crippen molar-refractivity contribution in [1.82, 2.24) is 19.8 Å². The molecule has 9 heteroatoms. The summed E-state index contributed by atoms with van der Waals surface area (Å²) in [7, 11) is 3.56. The van der Waals surface area contributed by atoms with Crippen LogP contribution in [0.15, 0.2) is 44.3 Å². The summed E-state index contributed by atoms with van der Waals surface area (Å²) in [5, 5.41) is 2.86. The van der Waals surface area contributed by atoms with Crippen LogP contribution in [0.5, 0.6) is 0 Å². The zero-order valence-corrected chi connectivity index (χ0v) is 16.7. The van der Waals surface area contributed by atoms with Crippen LogP contribution in [0, 0.1) is 6.92 Å². The molecule has 1 amide bonds. The summed E-state index contributed by atoms with van der Waals surface area (Å²) in [6.07, 6.45) is 0. The summed E-state index contributed by atoms with van der Waals surface area (Å²) < 4.78 is 11.5. The molecule has 1 aromatic carbocycles. The van der Waals surface area contributed by atoms with E-state index < -0.39 is 17.2 Å². The van der Waals surface area contributed by atoms with Gasteiger partial charge in [0, 0.05) is 26.7 Å². The van der Waals surface area contributed by atoms with E-state index in [0.717, 1.165) is 11.1 Å². The number of rotatable bonds is 8. The maximum Gasteiger partial charge on any atom is 0.335 e. The smallest absolute Gasteiger partial charge is 0.335 e. The number of methoxy groups -OCH3 is 1. The first-order chi connectivity index (χ1) is 13.9. The van der Waals surface area contributed by atoms with E-state index in [1.165, 1.54) is 0 Å². The van der Waals surface area contributed by atoms with E-state index in [-0.39, 0.29) is 22.4 Å². The summed E-state index contributed by atoms with van der Waals surface area (Å²) in [6, 6.07) is 8.52. The van der Waals surface area contributed by atoms with Crippen molar-refractivity contribution in [1.29, 1.82) is 0 Å². The molecule has 29 heavy (non-hydrogen) atoms. The SMILES string of the molecule is COCCN(C)CCNC(=O)c1c(C)oc2[nH]c(=O)n(-c3ccccc3)c(=O)c12. The lowest BCUT2D eigenvalue weighted by Crippen LogP contribution is -2.36. The second-order valence-electron chi connectivity index (χ2n) is 6.70. The highest BCUT2D eigenvalue weighted by Gasteiger charge is 2.23. The predicted molar refractivity (Wildman–Crippen MR) is 109 cm³/mol. The second kappa shape index (κ2) is 8.89. The Morgan fingerprint density at radius 3 is 2.66 bits per heavy atom. The monoisotopic (exact) mass is 400 g/mol. The molecule has 2 N–H and O–H groups in total. The molecule has 0 spiro atoms. The van der Waals surface area contributed by atoms with Gasteiger partial charge in [0.25, 0.3) is 11.5 Å². The maximum atomic E-state index is 13.1. The molecule has 0 bridgehead atoms. The third kappa shape index (κ3) is 4.30. The molecule has 3 aromatic rings. The van der Waals surface area contributed by atoms with Crippen molar-refractivity contribution in [3.8, 4) is 5.69 Å². The Morgan fingerprint density at radius 2 is 1.97 bits per heavy atom. The maximum absolute atomic E-state index is 13.1. The normalized spacial score (nSPS) is 11.3. The summed E-state index contributed by atoms with van der Waals surface area (Å²) in [5.41, 5.74) is -0.702. The number of aromatic amines is 1. The van der Waals surface area contributed by atoms with Crippen LogP contribution in [-0.2, 0) is 4.74 Å². The zero-order chi connectivity index (χ0) is 21.0. The standard InChI is InChI=1S/C20H24N4O5/c1-13-15(17(25)21-9-10-23(2)11-12-28-3)16-18(29-13)22-20(27)24(19(16)26)14-7-5-4-6-8-14/h4-8H,9-12H2,1-3H3,(H,21,25)(H,22,27). The van der Waals surface area contributed by atoms with E-state index in [9.17, 15) is 14.4 Å². The summed E-state index contributed by atoms with van der Waals surface area (Å²) in [5.74, 6) is -0.158. The van der Waals surface area contributed by atoms with Gasteiger partial charge in [-0.05, 0) is 26.1 Å². The Balaban J connectivity index is 1.92. The van der Waals surface area contributed by atoms with E-state index in [2.05, 4.69) is 10.3 Å². The van der Waals surface area contributed by atoms with Crippen LogP contribution in [0.4, 0.5) is 0 Å². The highest BCUT2D eigenvalue weighted by Crippen LogP contribution is 2.20. The average Bonchev–Trinajstić information content (AvgIpc) is 3.03. The van der Waals surface area contributed by atoms with E-state index >= 15 is 0 Å². The fourth-order valence-corrected chi connectivity index (χ4v) is 3.09. The first-order valence-corrected chi connectivity index (χ1v) is 9.23. The van der Waals surface area contributed by atoms with Gasteiger partial charge in [-0.25, -0.2) is 9.36 Å². The molecule has 0 atom stereocenters. The number of aryl methyl sites for hydroxylation is 1. The third-order valence-electron chi connectivity index (χ3n) is 4.62. The number of para-hydroxylation sites is 1. The first kappa shape index (κ1) is 20.6. The Morgan fingerprint density at radius 1 is 1.24 bits per heavy atom. The van der Waals surface area contributed by atoms with Crippen LogP contribution in [0.25, 0.3) is 16.8 Å². The number of H-pyrrole nitrogens is 1. The van der Waals surface area contributed by atoms with Gasteiger partial charge in [0.1, 0.15) is 11.1 Å². The molecule has 0 saturated heterocycles.